The molecule has 0 saturated carbocycles. The zero-order valence-electron chi connectivity index (χ0n) is 12.4. The largest absolute Gasteiger partial charge is 0.322 e. The number of anilines is 2. The van der Waals surface area contributed by atoms with Crippen LogP contribution in [0.25, 0.3) is 10.8 Å². The minimum absolute atomic E-state index is 0. The molecule has 2 aromatic carbocycles. The molecule has 0 bridgehead atoms. The van der Waals surface area contributed by atoms with E-state index in [9.17, 15) is 9.59 Å². The summed E-state index contributed by atoms with van der Waals surface area (Å²) in [6.07, 6.45) is 4.08. The fraction of sp³-hybridized carbons (Fsp3) is 0.105. The van der Waals surface area contributed by atoms with Gasteiger partial charge in [0.25, 0.3) is 5.91 Å². The quantitative estimate of drug-likeness (QED) is 0.692. The summed E-state index contributed by atoms with van der Waals surface area (Å²) in [6.45, 7) is 4.04. The van der Waals surface area contributed by atoms with E-state index in [0.29, 0.717) is 17.8 Å². The Kier molecular flexibility index (Phi) is 2.93. The maximum Gasteiger partial charge on any atom is 0.259 e. The standard InChI is InChI=1S/C19H14N2O2.H2/c1-2-17(22)20-15-9-10-16-18-13(15)7-4-8-14(18)19(23)21(16)11-12-5-3-6-12;/h2-4,7-10H,1,5,11H2,(H,20,22);1H. The Labute approximate surface area is 134 Å². The van der Waals surface area contributed by atoms with Gasteiger partial charge in [0.15, 0.2) is 0 Å². The predicted molar refractivity (Wildman–Crippen MR) is 92.8 cm³/mol. The lowest BCUT2D eigenvalue weighted by Crippen LogP contribution is -2.29. The molecule has 2 aromatic rings. The first kappa shape index (κ1) is 13.6. The van der Waals surface area contributed by atoms with Crippen molar-refractivity contribution in [3.8, 4) is 0 Å². The fourth-order valence-electron chi connectivity index (χ4n) is 3.04. The van der Waals surface area contributed by atoms with Crippen molar-refractivity contribution in [2.45, 2.75) is 6.42 Å². The number of carbonyl (C=O) groups is 2. The number of nitrogens with one attached hydrogen (secondary N) is 1. The molecule has 2 amide bonds. The molecule has 1 N–H and O–H groups in total. The van der Waals surface area contributed by atoms with Crippen molar-refractivity contribution in [2.24, 2.45) is 0 Å². The lowest BCUT2D eigenvalue weighted by molar-refractivity contribution is -0.111. The first-order valence-corrected chi connectivity index (χ1v) is 7.43. The van der Waals surface area contributed by atoms with Crippen LogP contribution in [0.4, 0.5) is 11.4 Å². The van der Waals surface area contributed by atoms with Gasteiger partial charge in [0, 0.05) is 29.9 Å². The second-order valence-corrected chi connectivity index (χ2v) is 5.60. The maximum atomic E-state index is 12.7. The van der Waals surface area contributed by atoms with Gasteiger partial charge in [-0.2, -0.15) is 0 Å². The summed E-state index contributed by atoms with van der Waals surface area (Å²) in [5.74, 6) is -0.268. The van der Waals surface area contributed by atoms with Crippen LogP contribution in [0.3, 0.4) is 0 Å². The third-order valence-corrected chi connectivity index (χ3v) is 4.23. The summed E-state index contributed by atoms with van der Waals surface area (Å²) in [6, 6.07) is 9.31. The topological polar surface area (TPSA) is 49.4 Å². The zero-order valence-corrected chi connectivity index (χ0v) is 12.4. The highest BCUT2D eigenvalue weighted by molar-refractivity contribution is 6.27. The van der Waals surface area contributed by atoms with Crippen LogP contribution in [0.15, 0.2) is 60.4 Å². The predicted octanol–water partition coefficient (Wildman–Crippen LogP) is 3.66. The molecule has 0 spiro atoms. The molecule has 0 aromatic heterocycles. The number of hydrogen-bond acceptors (Lipinski definition) is 2. The Morgan fingerprint density at radius 1 is 1.39 bits per heavy atom. The molecule has 114 valence electrons. The molecule has 0 unspecified atom stereocenters. The lowest BCUT2D eigenvalue weighted by atomic mass is 10.0. The normalized spacial score (nSPS) is 14.7. The Bertz CT molecular complexity index is 955. The third-order valence-electron chi connectivity index (χ3n) is 4.23. The average Bonchev–Trinajstić information content (AvgIpc) is 2.80. The number of amides is 2. The monoisotopic (exact) mass is 304 g/mol. The summed E-state index contributed by atoms with van der Waals surface area (Å²) in [4.78, 5) is 26.1. The van der Waals surface area contributed by atoms with Gasteiger partial charge in [-0.05, 0) is 35.9 Å². The van der Waals surface area contributed by atoms with Crippen LogP contribution in [-0.4, -0.2) is 18.4 Å². The van der Waals surface area contributed by atoms with Crippen molar-refractivity contribution in [3.63, 3.8) is 0 Å². The second kappa shape index (κ2) is 4.97. The smallest absolute Gasteiger partial charge is 0.259 e. The number of rotatable bonds is 4. The maximum absolute atomic E-state index is 12.7. The number of carbonyl (C=O) groups excluding carboxylic acids is 2. The molecule has 1 heterocycles. The van der Waals surface area contributed by atoms with Crippen molar-refractivity contribution in [1.29, 1.82) is 0 Å². The van der Waals surface area contributed by atoms with E-state index in [0.717, 1.165) is 28.5 Å². The van der Waals surface area contributed by atoms with Gasteiger partial charge in [-0.1, -0.05) is 18.7 Å². The van der Waals surface area contributed by atoms with E-state index in [1.165, 1.54) is 6.08 Å². The molecular weight excluding hydrogens is 288 g/mol. The van der Waals surface area contributed by atoms with Gasteiger partial charge < -0.3 is 10.2 Å². The van der Waals surface area contributed by atoms with Crippen LogP contribution in [0.1, 0.15) is 18.2 Å². The highest BCUT2D eigenvalue weighted by atomic mass is 16.2. The highest BCUT2D eigenvalue weighted by Crippen LogP contribution is 2.41. The summed E-state index contributed by atoms with van der Waals surface area (Å²) in [5, 5.41) is 4.56. The van der Waals surface area contributed by atoms with Crippen LogP contribution in [-0.2, 0) is 4.79 Å². The van der Waals surface area contributed by atoms with Crippen molar-refractivity contribution < 1.29 is 11.0 Å². The molecule has 0 fully saturated rings. The summed E-state index contributed by atoms with van der Waals surface area (Å²) < 4.78 is 0. The first-order chi connectivity index (χ1) is 11.2. The SMILES string of the molecule is C=CC(=O)Nc1ccc2c3c(cccc13)C(=O)N2CC1=C=CC1.[HH]. The highest BCUT2D eigenvalue weighted by Gasteiger charge is 2.31. The van der Waals surface area contributed by atoms with E-state index in [-0.39, 0.29) is 13.2 Å². The second-order valence-electron chi connectivity index (χ2n) is 5.60. The average molecular weight is 304 g/mol. The van der Waals surface area contributed by atoms with Crippen LogP contribution < -0.4 is 10.2 Å². The molecule has 4 nitrogen and oxygen atoms in total. The van der Waals surface area contributed by atoms with E-state index in [1.807, 2.05) is 36.4 Å². The van der Waals surface area contributed by atoms with Gasteiger partial charge in [-0.3, -0.25) is 9.59 Å². The molecule has 1 aliphatic heterocycles. The van der Waals surface area contributed by atoms with Gasteiger partial charge in [0.2, 0.25) is 5.91 Å². The molecule has 1 aliphatic carbocycles. The van der Waals surface area contributed by atoms with E-state index in [2.05, 4.69) is 17.6 Å². The minimum Gasteiger partial charge on any atom is -0.322 e. The van der Waals surface area contributed by atoms with Crippen LogP contribution >= 0.6 is 0 Å². The van der Waals surface area contributed by atoms with Gasteiger partial charge in [-0.15, -0.1) is 5.73 Å². The van der Waals surface area contributed by atoms with Gasteiger partial charge in [0.1, 0.15) is 0 Å². The fourth-order valence-corrected chi connectivity index (χ4v) is 3.04. The van der Waals surface area contributed by atoms with Gasteiger partial charge in [0.05, 0.1) is 12.2 Å². The molecular formula is C19H16N2O2. The molecule has 0 radical (unpaired) electrons. The molecule has 2 aliphatic rings. The summed E-state index contributed by atoms with van der Waals surface area (Å²) in [7, 11) is 0. The Morgan fingerprint density at radius 2 is 2.22 bits per heavy atom. The van der Waals surface area contributed by atoms with Gasteiger partial charge in [-0.25, -0.2) is 0 Å². The van der Waals surface area contributed by atoms with E-state index in [1.54, 1.807) is 4.90 Å². The Balaban J connectivity index is 0.00000169. The lowest BCUT2D eigenvalue weighted by Gasteiger charge is -2.20. The van der Waals surface area contributed by atoms with Crippen molar-refractivity contribution >= 4 is 34.0 Å². The van der Waals surface area contributed by atoms with E-state index in [4.69, 9.17) is 0 Å². The molecule has 0 saturated heterocycles. The van der Waals surface area contributed by atoms with Crippen molar-refractivity contribution in [2.75, 3.05) is 16.8 Å². The molecule has 23 heavy (non-hydrogen) atoms. The van der Waals surface area contributed by atoms with Gasteiger partial charge >= 0.3 is 0 Å². The Morgan fingerprint density at radius 3 is 2.91 bits per heavy atom. The number of benzene rings is 2. The molecule has 4 rings (SSSR count). The third kappa shape index (κ3) is 2.00. The minimum atomic E-state index is -0.267. The Hall–Kier alpha value is -3.10. The first-order valence-electron chi connectivity index (χ1n) is 7.43. The van der Waals surface area contributed by atoms with Crippen LogP contribution in [0, 0.1) is 0 Å². The van der Waals surface area contributed by atoms with E-state index < -0.39 is 0 Å². The molecule has 0 atom stereocenters. The number of nitrogens with zero attached hydrogens (tertiary/aromatic N) is 1. The summed E-state index contributed by atoms with van der Waals surface area (Å²) in [5.41, 5.74) is 6.51. The zero-order chi connectivity index (χ0) is 16.0. The van der Waals surface area contributed by atoms with E-state index >= 15 is 0 Å². The van der Waals surface area contributed by atoms with Crippen molar-refractivity contribution in [1.82, 2.24) is 0 Å². The number of hydrogen-bond donors (Lipinski definition) is 1. The molecule has 4 heteroatoms. The van der Waals surface area contributed by atoms with Crippen LogP contribution in [0.5, 0.6) is 0 Å². The van der Waals surface area contributed by atoms with Crippen molar-refractivity contribution in [3.05, 3.63) is 65.9 Å². The summed E-state index contributed by atoms with van der Waals surface area (Å²) >= 11 is 0. The van der Waals surface area contributed by atoms with Crippen LogP contribution in [0.2, 0.25) is 0 Å².